The fourth-order valence-corrected chi connectivity index (χ4v) is 1.73. The van der Waals surface area contributed by atoms with Gasteiger partial charge in [-0.1, -0.05) is 6.92 Å². The van der Waals surface area contributed by atoms with Crippen molar-refractivity contribution < 1.29 is 0 Å². The Morgan fingerprint density at radius 3 is 2.83 bits per heavy atom. The molecule has 1 N–H and O–H groups in total. The molecule has 0 bridgehead atoms. The lowest BCUT2D eigenvalue weighted by Crippen LogP contribution is -2.23. The van der Waals surface area contributed by atoms with Crippen molar-refractivity contribution in [3.63, 3.8) is 0 Å². The van der Waals surface area contributed by atoms with E-state index in [0.29, 0.717) is 6.04 Å². The summed E-state index contributed by atoms with van der Waals surface area (Å²) in [6, 6.07) is 0.489. The summed E-state index contributed by atoms with van der Waals surface area (Å²) in [6.45, 7) is 4.22. The van der Waals surface area contributed by atoms with Gasteiger partial charge in [0.15, 0.2) is 0 Å². The highest BCUT2D eigenvalue weighted by Crippen LogP contribution is 2.07. The van der Waals surface area contributed by atoms with Crippen LogP contribution < -0.4 is 5.32 Å². The molecule has 0 aliphatic heterocycles. The van der Waals surface area contributed by atoms with Gasteiger partial charge < -0.3 is 5.32 Å². The molecule has 1 atom stereocenters. The zero-order chi connectivity index (χ0) is 8.97. The third kappa shape index (κ3) is 2.53. The average Bonchev–Trinajstić information content (AvgIpc) is 2.52. The molecule has 1 heterocycles. The molecule has 0 saturated carbocycles. The van der Waals surface area contributed by atoms with Crippen molar-refractivity contribution in [1.82, 2.24) is 14.7 Å². The largest absolute Gasteiger partial charge is 0.317 e. The van der Waals surface area contributed by atoms with Crippen LogP contribution >= 0.6 is 11.5 Å². The SMILES string of the molecule is CCc1nsc(CC(C)NC)n1. The van der Waals surface area contributed by atoms with E-state index >= 15 is 0 Å². The number of nitrogens with zero attached hydrogens (tertiary/aromatic N) is 2. The van der Waals surface area contributed by atoms with Crippen LogP contribution in [-0.2, 0) is 12.8 Å². The molecule has 1 rings (SSSR count). The molecule has 0 aliphatic rings. The standard InChI is InChI=1S/C8H15N3S/c1-4-7-10-8(12-11-7)5-6(2)9-3/h6,9H,4-5H2,1-3H3. The van der Waals surface area contributed by atoms with Crippen LogP contribution in [0.3, 0.4) is 0 Å². The van der Waals surface area contributed by atoms with Crippen molar-refractivity contribution in [2.45, 2.75) is 32.7 Å². The summed E-state index contributed by atoms with van der Waals surface area (Å²) in [7, 11) is 1.96. The van der Waals surface area contributed by atoms with E-state index in [4.69, 9.17) is 0 Å². The van der Waals surface area contributed by atoms with Crippen LogP contribution in [0.15, 0.2) is 0 Å². The Morgan fingerprint density at radius 2 is 2.33 bits per heavy atom. The number of hydrogen-bond donors (Lipinski definition) is 1. The van der Waals surface area contributed by atoms with Crippen LogP contribution in [0.2, 0.25) is 0 Å². The first-order valence-electron chi connectivity index (χ1n) is 4.25. The fraction of sp³-hybridized carbons (Fsp3) is 0.750. The van der Waals surface area contributed by atoms with Crippen molar-refractivity contribution in [2.75, 3.05) is 7.05 Å². The van der Waals surface area contributed by atoms with Gasteiger partial charge in [0.25, 0.3) is 0 Å². The Balaban J connectivity index is 2.52. The van der Waals surface area contributed by atoms with Crippen LogP contribution in [0.1, 0.15) is 24.7 Å². The molecule has 68 valence electrons. The van der Waals surface area contributed by atoms with Gasteiger partial charge in [0, 0.05) is 18.9 Å². The molecule has 3 nitrogen and oxygen atoms in total. The van der Waals surface area contributed by atoms with Gasteiger partial charge in [-0.3, -0.25) is 0 Å². The minimum atomic E-state index is 0.489. The smallest absolute Gasteiger partial charge is 0.142 e. The monoisotopic (exact) mass is 185 g/mol. The number of rotatable bonds is 4. The first-order chi connectivity index (χ1) is 5.76. The Labute approximate surface area is 77.4 Å². The molecule has 0 spiro atoms. The summed E-state index contributed by atoms with van der Waals surface area (Å²) in [4.78, 5) is 4.38. The Kier molecular flexibility index (Phi) is 3.62. The summed E-state index contributed by atoms with van der Waals surface area (Å²) in [6.07, 6.45) is 1.92. The van der Waals surface area contributed by atoms with Crippen LogP contribution in [0.25, 0.3) is 0 Å². The predicted molar refractivity (Wildman–Crippen MR) is 51.5 cm³/mol. The average molecular weight is 185 g/mol. The first-order valence-corrected chi connectivity index (χ1v) is 5.02. The third-order valence-electron chi connectivity index (χ3n) is 1.80. The minimum Gasteiger partial charge on any atom is -0.317 e. The third-order valence-corrected chi connectivity index (χ3v) is 2.57. The van der Waals surface area contributed by atoms with Crippen LogP contribution in [-0.4, -0.2) is 22.4 Å². The Hall–Kier alpha value is -0.480. The second-order valence-electron chi connectivity index (χ2n) is 2.85. The molecule has 0 fully saturated rings. The number of nitrogens with one attached hydrogen (secondary N) is 1. The lowest BCUT2D eigenvalue weighted by molar-refractivity contribution is 0.606. The second-order valence-corrected chi connectivity index (χ2v) is 3.69. The van der Waals surface area contributed by atoms with E-state index in [1.165, 1.54) is 11.5 Å². The molecule has 0 saturated heterocycles. The molecule has 1 aromatic heterocycles. The highest BCUT2D eigenvalue weighted by Gasteiger charge is 2.05. The Bertz CT molecular complexity index is 234. The van der Waals surface area contributed by atoms with Crippen molar-refractivity contribution >= 4 is 11.5 Å². The van der Waals surface area contributed by atoms with E-state index in [0.717, 1.165) is 23.7 Å². The number of likely N-dealkylation sites (N-methyl/N-ethyl adjacent to an activating group) is 1. The van der Waals surface area contributed by atoms with Gasteiger partial charge in [-0.05, 0) is 25.5 Å². The van der Waals surface area contributed by atoms with Crippen molar-refractivity contribution in [1.29, 1.82) is 0 Å². The zero-order valence-electron chi connectivity index (χ0n) is 7.79. The number of aromatic nitrogens is 2. The van der Waals surface area contributed by atoms with Crippen molar-refractivity contribution in [2.24, 2.45) is 0 Å². The van der Waals surface area contributed by atoms with E-state index in [9.17, 15) is 0 Å². The highest BCUT2D eigenvalue weighted by molar-refractivity contribution is 7.05. The van der Waals surface area contributed by atoms with Crippen LogP contribution in [0.4, 0.5) is 0 Å². The summed E-state index contributed by atoms with van der Waals surface area (Å²) >= 11 is 1.52. The maximum atomic E-state index is 4.38. The Morgan fingerprint density at radius 1 is 1.58 bits per heavy atom. The number of aryl methyl sites for hydroxylation is 1. The van der Waals surface area contributed by atoms with Crippen molar-refractivity contribution in [3.05, 3.63) is 10.8 Å². The molecule has 12 heavy (non-hydrogen) atoms. The maximum Gasteiger partial charge on any atom is 0.142 e. The van der Waals surface area contributed by atoms with Gasteiger partial charge in [-0.15, -0.1) is 0 Å². The molecule has 4 heteroatoms. The lowest BCUT2D eigenvalue weighted by Gasteiger charge is -2.05. The van der Waals surface area contributed by atoms with E-state index in [-0.39, 0.29) is 0 Å². The van der Waals surface area contributed by atoms with E-state index in [1.54, 1.807) is 0 Å². The normalized spacial score (nSPS) is 13.2. The molecular formula is C8H15N3S. The van der Waals surface area contributed by atoms with Crippen LogP contribution in [0, 0.1) is 0 Å². The number of hydrogen-bond acceptors (Lipinski definition) is 4. The van der Waals surface area contributed by atoms with Gasteiger partial charge in [0.05, 0.1) is 0 Å². The summed E-state index contributed by atoms with van der Waals surface area (Å²) in [5.41, 5.74) is 0. The van der Waals surface area contributed by atoms with E-state index in [1.807, 2.05) is 7.05 Å². The molecule has 0 aromatic carbocycles. The first kappa shape index (κ1) is 9.61. The summed E-state index contributed by atoms with van der Waals surface area (Å²) in [5.74, 6) is 0.971. The van der Waals surface area contributed by atoms with Gasteiger partial charge >= 0.3 is 0 Å². The highest BCUT2D eigenvalue weighted by atomic mass is 32.1. The summed E-state index contributed by atoms with van der Waals surface area (Å²) in [5, 5.41) is 4.31. The molecular weight excluding hydrogens is 170 g/mol. The van der Waals surface area contributed by atoms with Crippen LogP contribution in [0.5, 0.6) is 0 Å². The quantitative estimate of drug-likeness (QED) is 0.767. The topological polar surface area (TPSA) is 37.8 Å². The van der Waals surface area contributed by atoms with E-state index < -0.39 is 0 Å². The van der Waals surface area contributed by atoms with Crippen molar-refractivity contribution in [3.8, 4) is 0 Å². The van der Waals surface area contributed by atoms with Gasteiger partial charge in [0.2, 0.25) is 0 Å². The van der Waals surface area contributed by atoms with E-state index in [2.05, 4.69) is 28.5 Å². The second kappa shape index (κ2) is 4.52. The zero-order valence-corrected chi connectivity index (χ0v) is 8.61. The van der Waals surface area contributed by atoms with Gasteiger partial charge in [-0.2, -0.15) is 4.37 Å². The van der Waals surface area contributed by atoms with Gasteiger partial charge in [0.1, 0.15) is 10.8 Å². The minimum absolute atomic E-state index is 0.489. The lowest BCUT2D eigenvalue weighted by atomic mass is 10.2. The maximum absolute atomic E-state index is 4.38. The predicted octanol–water partition coefficient (Wildman–Crippen LogP) is 1.25. The molecule has 1 unspecified atom stereocenters. The molecule has 0 radical (unpaired) electrons. The summed E-state index contributed by atoms with van der Waals surface area (Å²) < 4.78 is 4.22. The molecule has 1 aromatic rings. The molecule has 0 aliphatic carbocycles. The fourth-order valence-electron chi connectivity index (χ4n) is 0.881. The molecule has 0 amide bonds. The van der Waals surface area contributed by atoms with Gasteiger partial charge in [-0.25, -0.2) is 4.98 Å².